The normalized spacial score (nSPS) is 15.5. The summed E-state index contributed by atoms with van der Waals surface area (Å²) in [6.45, 7) is 5.66. The SMILES string of the molecule is CCC(CO)NC(=O)[C@H](N)C(C)C. The summed E-state index contributed by atoms with van der Waals surface area (Å²) in [4.78, 5) is 11.4. The first-order valence-electron chi connectivity index (χ1n) is 4.69. The van der Waals surface area contributed by atoms with Gasteiger partial charge in [-0.25, -0.2) is 0 Å². The molecular formula is C9H20N2O2. The van der Waals surface area contributed by atoms with E-state index in [9.17, 15) is 4.79 Å². The second-order valence-electron chi connectivity index (χ2n) is 3.57. The number of aliphatic hydroxyl groups excluding tert-OH is 1. The van der Waals surface area contributed by atoms with Crippen molar-refractivity contribution in [3.63, 3.8) is 0 Å². The number of nitrogens with two attached hydrogens (primary N) is 1. The van der Waals surface area contributed by atoms with Gasteiger partial charge in [0.15, 0.2) is 0 Å². The van der Waals surface area contributed by atoms with Crippen LogP contribution in [0.3, 0.4) is 0 Å². The summed E-state index contributed by atoms with van der Waals surface area (Å²) < 4.78 is 0. The van der Waals surface area contributed by atoms with Crippen molar-refractivity contribution in [2.24, 2.45) is 11.7 Å². The van der Waals surface area contributed by atoms with Crippen molar-refractivity contribution in [1.82, 2.24) is 5.32 Å². The maximum absolute atomic E-state index is 11.4. The lowest BCUT2D eigenvalue weighted by Crippen LogP contribution is -2.48. The second kappa shape index (κ2) is 5.94. The van der Waals surface area contributed by atoms with E-state index in [0.717, 1.165) is 0 Å². The first kappa shape index (κ1) is 12.4. The minimum absolute atomic E-state index is 0.0347. The Labute approximate surface area is 79.5 Å². The summed E-state index contributed by atoms with van der Waals surface area (Å²) in [5.41, 5.74) is 5.62. The maximum atomic E-state index is 11.4. The van der Waals surface area contributed by atoms with Crippen LogP contribution >= 0.6 is 0 Å². The van der Waals surface area contributed by atoms with Gasteiger partial charge in [0.2, 0.25) is 5.91 Å². The molecule has 0 heterocycles. The molecule has 4 N–H and O–H groups in total. The van der Waals surface area contributed by atoms with Crippen LogP contribution < -0.4 is 11.1 Å². The Morgan fingerprint density at radius 1 is 1.54 bits per heavy atom. The van der Waals surface area contributed by atoms with E-state index in [4.69, 9.17) is 10.8 Å². The lowest BCUT2D eigenvalue weighted by molar-refractivity contribution is -0.124. The Balaban J connectivity index is 3.98. The molecule has 4 nitrogen and oxygen atoms in total. The van der Waals surface area contributed by atoms with Gasteiger partial charge < -0.3 is 16.2 Å². The van der Waals surface area contributed by atoms with Crippen molar-refractivity contribution in [1.29, 1.82) is 0 Å². The number of hydrogen-bond acceptors (Lipinski definition) is 3. The fraction of sp³-hybridized carbons (Fsp3) is 0.889. The Bertz CT molecular complexity index is 156. The van der Waals surface area contributed by atoms with E-state index in [0.29, 0.717) is 6.42 Å². The molecule has 1 amide bonds. The van der Waals surface area contributed by atoms with Gasteiger partial charge in [-0.2, -0.15) is 0 Å². The quantitative estimate of drug-likeness (QED) is 0.562. The van der Waals surface area contributed by atoms with Crippen LogP contribution in [-0.2, 0) is 4.79 Å². The standard InChI is InChI=1S/C9H20N2O2/c1-4-7(5-12)11-9(13)8(10)6(2)3/h6-8,12H,4-5,10H2,1-3H3,(H,11,13)/t7?,8-/m1/s1. The highest BCUT2D eigenvalue weighted by atomic mass is 16.3. The average molecular weight is 188 g/mol. The fourth-order valence-electron chi connectivity index (χ4n) is 0.877. The van der Waals surface area contributed by atoms with Crippen LogP contribution in [0.4, 0.5) is 0 Å². The monoisotopic (exact) mass is 188 g/mol. The molecular weight excluding hydrogens is 168 g/mol. The number of amides is 1. The number of aliphatic hydroxyl groups is 1. The van der Waals surface area contributed by atoms with Gasteiger partial charge in [0.05, 0.1) is 18.7 Å². The third-order valence-corrected chi connectivity index (χ3v) is 2.08. The summed E-state index contributed by atoms with van der Waals surface area (Å²) in [6, 6.07) is -0.655. The molecule has 0 bridgehead atoms. The number of carbonyl (C=O) groups excluding carboxylic acids is 1. The number of hydrogen-bond donors (Lipinski definition) is 3. The molecule has 0 aliphatic heterocycles. The van der Waals surface area contributed by atoms with E-state index in [2.05, 4.69) is 5.32 Å². The van der Waals surface area contributed by atoms with Crippen molar-refractivity contribution in [2.75, 3.05) is 6.61 Å². The van der Waals surface area contributed by atoms with Crippen LogP contribution in [0.15, 0.2) is 0 Å². The van der Waals surface area contributed by atoms with Gasteiger partial charge in [0.1, 0.15) is 0 Å². The minimum atomic E-state index is -0.486. The molecule has 0 aliphatic carbocycles. The third kappa shape index (κ3) is 4.24. The predicted octanol–water partition coefficient (Wildman–Crippen LogP) is -0.143. The topological polar surface area (TPSA) is 75.3 Å². The Morgan fingerprint density at radius 3 is 2.38 bits per heavy atom. The lowest BCUT2D eigenvalue weighted by atomic mass is 10.0. The Hall–Kier alpha value is -0.610. The van der Waals surface area contributed by atoms with Crippen LogP contribution in [0.25, 0.3) is 0 Å². The molecule has 13 heavy (non-hydrogen) atoms. The summed E-state index contributed by atoms with van der Waals surface area (Å²) in [5, 5.41) is 11.5. The molecule has 0 aromatic rings. The summed E-state index contributed by atoms with van der Waals surface area (Å²) in [6.07, 6.45) is 0.715. The zero-order valence-electron chi connectivity index (χ0n) is 8.58. The zero-order valence-corrected chi connectivity index (χ0v) is 8.58. The van der Waals surface area contributed by atoms with E-state index >= 15 is 0 Å². The predicted molar refractivity (Wildman–Crippen MR) is 52.1 cm³/mol. The van der Waals surface area contributed by atoms with Gasteiger partial charge in [-0.15, -0.1) is 0 Å². The molecule has 0 saturated heterocycles. The molecule has 0 radical (unpaired) electrons. The lowest BCUT2D eigenvalue weighted by Gasteiger charge is -2.19. The van der Waals surface area contributed by atoms with Crippen molar-refractivity contribution < 1.29 is 9.90 Å². The van der Waals surface area contributed by atoms with Gasteiger partial charge in [-0.05, 0) is 12.3 Å². The van der Waals surface area contributed by atoms with Gasteiger partial charge >= 0.3 is 0 Å². The van der Waals surface area contributed by atoms with Gasteiger partial charge in [0, 0.05) is 0 Å². The number of carbonyl (C=O) groups is 1. The van der Waals surface area contributed by atoms with E-state index in [-0.39, 0.29) is 24.5 Å². The molecule has 2 atom stereocenters. The average Bonchev–Trinajstić information content (AvgIpc) is 2.12. The van der Waals surface area contributed by atoms with Crippen LogP contribution in [-0.4, -0.2) is 29.7 Å². The first-order chi connectivity index (χ1) is 6.02. The van der Waals surface area contributed by atoms with Crippen molar-refractivity contribution in [2.45, 2.75) is 39.3 Å². The van der Waals surface area contributed by atoms with E-state index in [1.54, 1.807) is 0 Å². The van der Waals surface area contributed by atoms with E-state index in [1.165, 1.54) is 0 Å². The molecule has 4 heteroatoms. The molecule has 0 rings (SSSR count). The third-order valence-electron chi connectivity index (χ3n) is 2.08. The fourth-order valence-corrected chi connectivity index (χ4v) is 0.877. The molecule has 0 saturated carbocycles. The van der Waals surface area contributed by atoms with Gasteiger partial charge in [-0.3, -0.25) is 4.79 Å². The van der Waals surface area contributed by atoms with Crippen molar-refractivity contribution in [3.8, 4) is 0 Å². The van der Waals surface area contributed by atoms with Crippen LogP contribution in [0.1, 0.15) is 27.2 Å². The second-order valence-corrected chi connectivity index (χ2v) is 3.57. The minimum Gasteiger partial charge on any atom is -0.394 e. The number of rotatable bonds is 5. The van der Waals surface area contributed by atoms with E-state index in [1.807, 2.05) is 20.8 Å². The first-order valence-corrected chi connectivity index (χ1v) is 4.69. The van der Waals surface area contributed by atoms with Gasteiger partial charge in [-0.1, -0.05) is 20.8 Å². The van der Waals surface area contributed by atoms with Crippen LogP contribution in [0.2, 0.25) is 0 Å². The Kier molecular flexibility index (Phi) is 5.66. The summed E-state index contributed by atoms with van der Waals surface area (Å²) in [7, 11) is 0. The molecule has 0 aliphatic rings. The molecule has 0 spiro atoms. The smallest absolute Gasteiger partial charge is 0.237 e. The van der Waals surface area contributed by atoms with Gasteiger partial charge in [0.25, 0.3) is 0 Å². The van der Waals surface area contributed by atoms with Crippen molar-refractivity contribution in [3.05, 3.63) is 0 Å². The van der Waals surface area contributed by atoms with Crippen LogP contribution in [0.5, 0.6) is 0 Å². The Morgan fingerprint density at radius 2 is 2.08 bits per heavy atom. The largest absolute Gasteiger partial charge is 0.394 e. The molecule has 0 aromatic heterocycles. The maximum Gasteiger partial charge on any atom is 0.237 e. The molecule has 78 valence electrons. The van der Waals surface area contributed by atoms with Crippen LogP contribution in [0, 0.1) is 5.92 Å². The summed E-state index contributed by atoms with van der Waals surface area (Å²) >= 11 is 0. The van der Waals surface area contributed by atoms with Crippen molar-refractivity contribution >= 4 is 5.91 Å². The molecule has 0 aromatic carbocycles. The summed E-state index contributed by atoms with van der Waals surface area (Å²) in [5.74, 6) is -0.0629. The zero-order chi connectivity index (χ0) is 10.4. The highest BCUT2D eigenvalue weighted by molar-refractivity contribution is 5.81. The van der Waals surface area contributed by atoms with E-state index < -0.39 is 6.04 Å². The molecule has 1 unspecified atom stereocenters. The highest BCUT2D eigenvalue weighted by Crippen LogP contribution is 1.99. The number of nitrogens with one attached hydrogen (secondary N) is 1. The molecule has 0 fully saturated rings. The highest BCUT2D eigenvalue weighted by Gasteiger charge is 2.19.